The number of hydrogen-bond donors (Lipinski definition) is 2. The number of nitro groups is 1. The summed E-state index contributed by atoms with van der Waals surface area (Å²) in [5.41, 5.74) is 1.85. The van der Waals surface area contributed by atoms with E-state index < -0.39 is 4.92 Å². The Morgan fingerprint density at radius 1 is 1.19 bits per heavy atom. The van der Waals surface area contributed by atoms with Crippen LogP contribution >= 0.6 is 0 Å². The van der Waals surface area contributed by atoms with Gasteiger partial charge in [0.15, 0.2) is 0 Å². The number of anilines is 1. The molecule has 0 radical (unpaired) electrons. The zero-order chi connectivity index (χ0) is 15.2. The molecule has 6 nitrogen and oxygen atoms in total. The molecule has 6 heteroatoms. The van der Waals surface area contributed by atoms with Crippen molar-refractivity contribution in [1.82, 2.24) is 0 Å². The molecule has 0 spiro atoms. The van der Waals surface area contributed by atoms with Gasteiger partial charge in [-0.05, 0) is 23.3 Å². The Bertz CT molecular complexity index is 690. The van der Waals surface area contributed by atoms with Gasteiger partial charge in [-0.15, -0.1) is 0 Å². The highest BCUT2D eigenvalue weighted by atomic mass is 16.6. The normalized spacial score (nSPS) is 9.90. The van der Waals surface area contributed by atoms with E-state index in [1.54, 1.807) is 24.3 Å². The van der Waals surface area contributed by atoms with Gasteiger partial charge in [0, 0.05) is 6.54 Å². The second-order valence-electron chi connectivity index (χ2n) is 4.40. The Morgan fingerprint density at radius 2 is 1.86 bits per heavy atom. The molecule has 0 bridgehead atoms. The summed E-state index contributed by atoms with van der Waals surface area (Å²) in [6.45, 7) is 0.366. The zero-order valence-corrected chi connectivity index (χ0v) is 11.1. The molecule has 0 unspecified atom stereocenters. The van der Waals surface area contributed by atoms with Crippen LogP contribution in [0.5, 0.6) is 0 Å². The van der Waals surface area contributed by atoms with Crippen molar-refractivity contribution in [3.8, 4) is 6.07 Å². The van der Waals surface area contributed by atoms with Crippen molar-refractivity contribution in [2.45, 2.75) is 13.2 Å². The van der Waals surface area contributed by atoms with Crippen molar-refractivity contribution in [1.29, 1.82) is 5.26 Å². The van der Waals surface area contributed by atoms with E-state index in [9.17, 15) is 10.1 Å². The maximum absolute atomic E-state index is 11.1. The lowest BCUT2D eigenvalue weighted by Gasteiger charge is -2.08. The maximum atomic E-state index is 11.1. The number of nitriles is 1. The van der Waals surface area contributed by atoms with Crippen molar-refractivity contribution in [3.05, 3.63) is 69.3 Å². The predicted molar refractivity (Wildman–Crippen MR) is 77.5 cm³/mol. The summed E-state index contributed by atoms with van der Waals surface area (Å²) in [5, 5.41) is 31.9. The predicted octanol–water partition coefficient (Wildman–Crippen LogP) is 2.57. The minimum Gasteiger partial charge on any atom is -0.392 e. The summed E-state index contributed by atoms with van der Waals surface area (Å²) < 4.78 is 0. The average molecular weight is 283 g/mol. The standard InChI is InChI=1S/C15H13N3O3/c16-8-13-2-1-3-14(15(13)18(20)21)17-9-11-4-6-12(10-19)7-5-11/h1-7,17,19H,9-10H2. The number of benzene rings is 2. The van der Waals surface area contributed by atoms with E-state index in [-0.39, 0.29) is 17.9 Å². The number of aliphatic hydroxyl groups excluding tert-OH is 1. The first-order valence-electron chi connectivity index (χ1n) is 6.25. The van der Waals surface area contributed by atoms with E-state index in [2.05, 4.69) is 5.32 Å². The molecule has 2 aromatic carbocycles. The molecule has 2 N–H and O–H groups in total. The van der Waals surface area contributed by atoms with Gasteiger partial charge in [0.25, 0.3) is 0 Å². The molecule has 0 aliphatic carbocycles. The molecule has 21 heavy (non-hydrogen) atoms. The third kappa shape index (κ3) is 3.35. The van der Waals surface area contributed by atoms with E-state index in [1.807, 2.05) is 18.2 Å². The second-order valence-corrected chi connectivity index (χ2v) is 4.40. The van der Waals surface area contributed by atoms with E-state index in [0.29, 0.717) is 12.2 Å². The number of para-hydroxylation sites is 1. The fourth-order valence-corrected chi connectivity index (χ4v) is 1.93. The van der Waals surface area contributed by atoms with Gasteiger partial charge in [0.05, 0.1) is 11.5 Å². The molecule has 0 fully saturated rings. The topological polar surface area (TPSA) is 99.2 Å². The molecular weight excluding hydrogens is 270 g/mol. The molecule has 0 saturated carbocycles. The van der Waals surface area contributed by atoms with Crippen molar-refractivity contribution in [2.24, 2.45) is 0 Å². The number of hydrogen-bond acceptors (Lipinski definition) is 5. The molecule has 0 atom stereocenters. The highest BCUT2D eigenvalue weighted by molar-refractivity contribution is 5.68. The first-order valence-corrected chi connectivity index (χ1v) is 6.25. The zero-order valence-electron chi connectivity index (χ0n) is 11.1. The third-order valence-corrected chi connectivity index (χ3v) is 3.03. The van der Waals surface area contributed by atoms with E-state index in [4.69, 9.17) is 10.4 Å². The fraction of sp³-hybridized carbons (Fsp3) is 0.133. The Balaban J connectivity index is 2.20. The van der Waals surface area contributed by atoms with Crippen LogP contribution in [0.4, 0.5) is 11.4 Å². The van der Waals surface area contributed by atoms with Crippen LogP contribution in [0, 0.1) is 21.4 Å². The Morgan fingerprint density at radius 3 is 2.43 bits per heavy atom. The summed E-state index contributed by atoms with van der Waals surface area (Å²) in [5.74, 6) is 0. The van der Waals surface area contributed by atoms with Gasteiger partial charge in [-0.25, -0.2) is 0 Å². The number of rotatable bonds is 5. The maximum Gasteiger partial charge on any atom is 0.309 e. The van der Waals surface area contributed by atoms with Crippen LogP contribution in [0.2, 0.25) is 0 Å². The second kappa shape index (κ2) is 6.50. The minimum atomic E-state index is -0.560. The summed E-state index contributed by atoms with van der Waals surface area (Å²) in [4.78, 5) is 10.5. The van der Waals surface area contributed by atoms with Gasteiger partial charge >= 0.3 is 5.69 Å². The quantitative estimate of drug-likeness (QED) is 0.649. The summed E-state index contributed by atoms with van der Waals surface area (Å²) >= 11 is 0. The number of nitro benzene ring substituents is 1. The van der Waals surface area contributed by atoms with Gasteiger partial charge in [0.1, 0.15) is 17.3 Å². The number of aliphatic hydroxyl groups is 1. The lowest BCUT2D eigenvalue weighted by Crippen LogP contribution is -2.04. The van der Waals surface area contributed by atoms with Gasteiger partial charge < -0.3 is 10.4 Å². The minimum absolute atomic E-state index is 0.0244. The molecule has 0 aromatic heterocycles. The summed E-state index contributed by atoms with van der Waals surface area (Å²) in [7, 11) is 0. The SMILES string of the molecule is N#Cc1cccc(NCc2ccc(CO)cc2)c1[N+](=O)[O-]. The summed E-state index contributed by atoms with van der Waals surface area (Å²) in [6.07, 6.45) is 0. The van der Waals surface area contributed by atoms with E-state index in [1.165, 1.54) is 6.07 Å². The molecule has 0 aliphatic rings. The molecule has 2 rings (SSSR count). The Labute approximate surface area is 121 Å². The van der Waals surface area contributed by atoms with Gasteiger partial charge in [0.2, 0.25) is 0 Å². The van der Waals surface area contributed by atoms with Crippen molar-refractivity contribution >= 4 is 11.4 Å². The highest BCUT2D eigenvalue weighted by Crippen LogP contribution is 2.28. The lowest BCUT2D eigenvalue weighted by atomic mass is 10.1. The molecule has 106 valence electrons. The largest absolute Gasteiger partial charge is 0.392 e. The van der Waals surface area contributed by atoms with Gasteiger partial charge in [-0.2, -0.15) is 5.26 Å². The van der Waals surface area contributed by atoms with Gasteiger partial charge in [-0.1, -0.05) is 30.3 Å². The van der Waals surface area contributed by atoms with Crippen LogP contribution in [0.15, 0.2) is 42.5 Å². The molecular formula is C15H13N3O3. The number of nitrogens with one attached hydrogen (secondary N) is 1. The van der Waals surface area contributed by atoms with Crippen molar-refractivity contribution < 1.29 is 10.0 Å². The Kier molecular flexibility index (Phi) is 4.49. The number of nitrogens with zero attached hydrogens (tertiary/aromatic N) is 2. The fourth-order valence-electron chi connectivity index (χ4n) is 1.93. The van der Waals surface area contributed by atoms with Gasteiger partial charge in [-0.3, -0.25) is 10.1 Å². The van der Waals surface area contributed by atoms with E-state index >= 15 is 0 Å². The first kappa shape index (κ1) is 14.5. The molecule has 0 saturated heterocycles. The van der Waals surface area contributed by atoms with Crippen molar-refractivity contribution in [3.63, 3.8) is 0 Å². The van der Waals surface area contributed by atoms with E-state index in [0.717, 1.165) is 11.1 Å². The van der Waals surface area contributed by atoms with Crippen LogP contribution in [0.3, 0.4) is 0 Å². The Hall–Kier alpha value is -2.91. The van der Waals surface area contributed by atoms with Crippen LogP contribution in [-0.2, 0) is 13.2 Å². The van der Waals surface area contributed by atoms with Crippen LogP contribution < -0.4 is 5.32 Å². The third-order valence-electron chi connectivity index (χ3n) is 3.03. The average Bonchev–Trinajstić information content (AvgIpc) is 2.52. The molecule has 0 heterocycles. The molecule has 0 amide bonds. The monoisotopic (exact) mass is 283 g/mol. The van der Waals surface area contributed by atoms with Crippen LogP contribution in [0.1, 0.15) is 16.7 Å². The summed E-state index contributed by atoms with van der Waals surface area (Å²) in [6, 6.07) is 13.6. The van der Waals surface area contributed by atoms with Crippen LogP contribution in [0.25, 0.3) is 0 Å². The van der Waals surface area contributed by atoms with Crippen LogP contribution in [-0.4, -0.2) is 10.0 Å². The molecule has 2 aromatic rings. The lowest BCUT2D eigenvalue weighted by molar-refractivity contribution is -0.384. The van der Waals surface area contributed by atoms with Crippen molar-refractivity contribution in [2.75, 3.05) is 5.32 Å². The smallest absolute Gasteiger partial charge is 0.309 e. The molecule has 0 aliphatic heterocycles. The highest BCUT2D eigenvalue weighted by Gasteiger charge is 2.19. The first-order chi connectivity index (χ1) is 10.2.